The molecule has 0 fully saturated rings. The van der Waals surface area contributed by atoms with Crippen LogP contribution in [-0.4, -0.2) is 24.6 Å². The number of nitrogens with one attached hydrogen (secondary N) is 1. The minimum atomic E-state index is -0.559. The highest BCUT2D eigenvalue weighted by Crippen LogP contribution is 2.20. The molecule has 132 valence electrons. The van der Waals surface area contributed by atoms with Crippen molar-refractivity contribution in [1.29, 1.82) is 0 Å². The molecular weight excluding hydrogens is 386 g/mol. The largest absolute Gasteiger partial charge is 0.491 e. The van der Waals surface area contributed by atoms with Gasteiger partial charge in [0, 0.05) is 10.2 Å². The second-order valence-corrected chi connectivity index (χ2v) is 6.63. The summed E-state index contributed by atoms with van der Waals surface area (Å²) in [6.07, 6.45) is 0.0586. The number of carbonyl (C=O) groups is 2. The van der Waals surface area contributed by atoms with E-state index in [0.29, 0.717) is 17.0 Å². The topological polar surface area (TPSA) is 64.6 Å². The van der Waals surface area contributed by atoms with Gasteiger partial charge in [-0.2, -0.15) is 0 Å². The molecule has 0 aliphatic rings. The molecule has 25 heavy (non-hydrogen) atoms. The van der Waals surface area contributed by atoms with Gasteiger partial charge in [-0.3, -0.25) is 4.79 Å². The molecule has 1 N–H and O–H groups in total. The summed E-state index contributed by atoms with van der Waals surface area (Å²) in [6, 6.07) is 12.1. The van der Waals surface area contributed by atoms with Crippen molar-refractivity contribution < 1.29 is 19.1 Å². The second kappa shape index (κ2) is 8.67. The molecule has 0 bridgehead atoms. The molecule has 2 rings (SSSR count). The van der Waals surface area contributed by atoms with Gasteiger partial charge in [0.1, 0.15) is 5.75 Å². The lowest BCUT2D eigenvalue weighted by molar-refractivity contribution is -0.119. The van der Waals surface area contributed by atoms with E-state index in [4.69, 9.17) is 9.47 Å². The van der Waals surface area contributed by atoms with Gasteiger partial charge in [-0.05, 0) is 62.7 Å². The SMILES string of the molecule is Cc1ccc(NC(=O)COC(=O)c2ccc(OC(C)C)cc2)cc1Br. The standard InChI is InChI=1S/C19H20BrNO4/c1-12(2)25-16-8-5-14(6-9-16)19(23)24-11-18(22)21-15-7-4-13(3)17(20)10-15/h4-10,12H,11H2,1-3H3,(H,21,22). The normalized spacial score (nSPS) is 10.4. The van der Waals surface area contributed by atoms with E-state index in [-0.39, 0.29) is 12.7 Å². The van der Waals surface area contributed by atoms with Crippen molar-refractivity contribution in [3.63, 3.8) is 0 Å². The van der Waals surface area contributed by atoms with Crippen LogP contribution in [0.2, 0.25) is 0 Å². The first-order valence-electron chi connectivity index (χ1n) is 7.85. The van der Waals surface area contributed by atoms with Gasteiger partial charge >= 0.3 is 5.97 Å². The predicted octanol–water partition coefficient (Wildman–Crippen LogP) is 4.34. The Balaban J connectivity index is 1.86. The molecule has 5 nitrogen and oxygen atoms in total. The summed E-state index contributed by atoms with van der Waals surface area (Å²) in [6.45, 7) is 5.45. The summed E-state index contributed by atoms with van der Waals surface area (Å²) in [5.41, 5.74) is 2.06. The highest BCUT2D eigenvalue weighted by atomic mass is 79.9. The molecule has 0 aromatic heterocycles. The molecule has 2 aromatic carbocycles. The lowest BCUT2D eigenvalue weighted by Crippen LogP contribution is -2.21. The Morgan fingerprint density at radius 1 is 1.12 bits per heavy atom. The van der Waals surface area contributed by atoms with Crippen LogP contribution < -0.4 is 10.1 Å². The first-order valence-corrected chi connectivity index (χ1v) is 8.64. The van der Waals surface area contributed by atoms with E-state index in [2.05, 4.69) is 21.2 Å². The average Bonchev–Trinajstić information content (AvgIpc) is 2.56. The number of carbonyl (C=O) groups excluding carboxylic acids is 2. The zero-order valence-corrected chi connectivity index (χ0v) is 15.9. The zero-order valence-electron chi connectivity index (χ0n) is 14.3. The minimum Gasteiger partial charge on any atom is -0.491 e. The maximum absolute atomic E-state index is 12.0. The maximum Gasteiger partial charge on any atom is 0.338 e. The maximum atomic E-state index is 12.0. The zero-order chi connectivity index (χ0) is 18.4. The van der Waals surface area contributed by atoms with E-state index in [1.165, 1.54) is 0 Å². The van der Waals surface area contributed by atoms with Crippen LogP contribution in [0.5, 0.6) is 5.75 Å². The molecule has 2 aromatic rings. The summed E-state index contributed by atoms with van der Waals surface area (Å²) in [5.74, 6) is -0.283. The Kier molecular flexibility index (Phi) is 6.58. The average molecular weight is 406 g/mol. The number of hydrogen-bond acceptors (Lipinski definition) is 4. The third-order valence-corrected chi connectivity index (χ3v) is 4.11. The lowest BCUT2D eigenvalue weighted by atomic mass is 10.2. The van der Waals surface area contributed by atoms with Crippen LogP contribution in [-0.2, 0) is 9.53 Å². The molecule has 0 heterocycles. The van der Waals surface area contributed by atoms with Crippen molar-refractivity contribution in [3.05, 3.63) is 58.1 Å². The third-order valence-electron chi connectivity index (χ3n) is 3.25. The van der Waals surface area contributed by atoms with Gasteiger partial charge < -0.3 is 14.8 Å². The van der Waals surface area contributed by atoms with Crippen LogP contribution in [0.4, 0.5) is 5.69 Å². The minimum absolute atomic E-state index is 0.0586. The second-order valence-electron chi connectivity index (χ2n) is 5.78. The lowest BCUT2D eigenvalue weighted by Gasteiger charge is -2.10. The molecule has 6 heteroatoms. The van der Waals surface area contributed by atoms with E-state index in [1.54, 1.807) is 36.4 Å². The Bertz CT molecular complexity index is 757. The Labute approximate surface area is 155 Å². The van der Waals surface area contributed by atoms with Crippen molar-refractivity contribution in [2.45, 2.75) is 26.9 Å². The fourth-order valence-corrected chi connectivity index (χ4v) is 2.40. The molecule has 0 spiro atoms. The number of esters is 1. The van der Waals surface area contributed by atoms with Crippen molar-refractivity contribution in [2.24, 2.45) is 0 Å². The quantitative estimate of drug-likeness (QED) is 0.725. The van der Waals surface area contributed by atoms with Crippen LogP contribution in [0.15, 0.2) is 46.9 Å². The molecule has 0 radical (unpaired) electrons. The van der Waals surface area contributed by atoms with Crippen LogP contribution >= 0.6 is 15.9 Å². The first kappa shape index (κ1) is 19.0. The first-order chi connectivity index (χ1) is 11.8. The van der Waals surface area contributed by atoms with E-state index in [9.17, 15) is 9.59 Å². The van der Waals surface area contributed by atoms with E-state index < -0.39 is 11.9 Å². The highest BCUT2D eigenvalue weighted by Gasteiger charge is 2.11. The van der Waals surface area contributed by atoms with Crippen LogP contribution in [0.25, 0.3) is 0 Å². The number of anilines is 1. The fourth-order valence-electron chi connectivity index (χ4n) is 2.02. The highest BCUT2D eigenvalue weighted by molar-refractivity contribution is 9.10. The molecule has 0 saturated carbocycles. The van der Waals surface area contributed by atoms with Gasteiger partial charge in [-0.25, -0.2) is 4.79 Å². The summed E-state index contributed by atoms with van der Waals surface area (Å²) < 4.78 is 11.4. The van der Waals surface area contributed by atoms with Crippen molar-refractivity contribution in [3.8, 4) is 5.75 Å². The summed E-state index contributed by atoms with van der Waals surface area (Å²) >= 11 is 3.40. The molecule has 0 unspecified atom stereocenters. The third kappa shape index (κ3) is 5.90. The Hall–Kier alpha value is -2.34. The number of aryl methyl sites for hydroxylation is 1. The van der Waals surface area contributed by atoms with E-state index in [1.807, 2.05) is 26.8 Å². The van der Waals surface area contributed by atoms with Gasteiger partial charge in [0.05, 0.1) is 11.7 Å². The van der Waals surface area contributed by atoms with Crippen LogP contribution in [0.3, 0.4) is 0 Å². The van der Waals surface area contributed by atoms with Gasteiger partial charge in [-0.1, -0.05) is 22.0 Å². The Morgan fingerprint density at radius 2 is 1.80 bits per heavy atom. The molecule has 1 amide bonds. The van der Waals surface area contributed by atoms with Gasteiger partial charge in [-0.15, -0.1) is 0 Å². The van der Waals surface area contributed by atoms with Crippen LogP contribution in [0.1, 0.15) is 29.8 Å². The molecule has 0 aliphatic carbocycles. The van der Waals surface area contributed by atoms with Crippen molar-refractivity contribution in [1.82, 2.24) is 0 Å². The van der Waals surface area contributed by atoms with Crippen LogP contribution in [0, 0.1) is 6.92 Å². The smallest absolute Gasteiger partial charge is 0.338 e. The van der Waals surface area contributed by atoms with Gasteiger partial charge in [0.2, 0.25) is 0 Å². The predicted molar refractivity (Wildman–Crippen MR) is 100.0 cm³/mol. The van der Waals surface area contributed by atoms with Gasteiger partial charge in [0.25, 0.3) is 5.91 Å². The summed E-state index contributed by atoms with van der Waals surface area (Å²) in [7, 11) is 0. The number of amides is 1. The number of benzene rings is 2. The molecular formula is C19H20BrNO4. The number of halogens is 1. The number of rotatable bonds is 6. The summed E-state index contributed by atoms with van der Waals surface area (Å²) in [5, 5.41) is 2.68. The van der Waals surface area contributed by atoms with Gasteiger partial charge in [0.15, 0.2) is 6.61 Å². The Morgan fingerprint density at radius 3 is 2.40 bits per heavy atom. The number of hydrogen-bond donors (Lipinski definition) is 1. The van der Waals surface area contributed by atoms with Crippen molar-refractivity contribution in [2.75, 3.05) is 11.9 Å². The fraction of sp³-hybridized carbons (Fsp3) is 0.263. The number of ether oxygens (including phenoxy) is 2. The molecule has 0 saturated heterocycles. The van der Waals surface area contributed by atoms with Crippen molar-refractivity contribution >= 4 is 33.5 Å². The monoisotopic (exact) mass is 405 g/mol. The molecule has 0 atom stereocenters. The summed E-state index contributed by atoms with van der Waals surface area (Å²) in [4.78, 5) is 23.9. The van der Waals surface area contributed by atoms with E-state index in [0.717, 1.165) is 10.0 Å². The molecule has 0 aliphatic heterocycles. The van der Waals surface area contributed by atoms with E-state index >= 15 is 0 Å².